The summed E-state index contributed by atoms with van der Waals surface area (Å²) in [6.07, 6.45) is -0.126. The van der Waals surface area contributed by atoms with Crippen molar-refractivity contribution in [3.05, 3.63) is 71.5 Å². The van der Waals surface area contributed by atoms with E-state index in [1.165, 1.54) is 18.3 Å². The molecule has 102 valence electrons. The molecule has 5 heteroatoms. The lowest BCUT2D eigenvalue weighted by Crippen LogP contribution is -2.25. The van der Waals surface area contributed by atoms with E-state index < -0.39 is 17.8 Å². The first kappa shape index (κ1) is 13.9. The van der Waals surface area contributed by atoms with Gasteiger partial charge in [0.1, 0.15) is 5.82 Å². The van der Waals surface area contributed by atoms with Crippen LogP contribution in [0.2, 0.25) is 0 Å². The fourth-order valence-electron chi connectivity index (χ4n) is 1.59. The zero-order valence-corrected chi connectivity index (χ0v) is 10.5. The smallest absolute Gasteiger partial charge is 0.273 e. The molecule has 2 N–H and O–H groups in total. The number of nitrogens with one attached hydrogen (secondary N) is 1. The number of hydrogen-bond donors (Lipinski definition) is 2. The van der Waals surface area contributed by atoms with Gasteiger partial charge in [-0.05, 0) is 11.6 Å². The van der Waals surface area contributed by atoms with E-state index in [0.717, 1.165) is 0 Å². The number of benzene rings is 2. The molecule has 0 aliphatic carbocycles. The Kier molecular flexibility index (Phi) is 4.57. The van der Waals surface area contributed by atoms with Crippen molar-refractivity contribution < 1.29 is 14.3 Å². The van der Waals surface area contributed by atoms with E-state index in [9.17, 15) is 14.3 Å². The number of amides is 1. The van der Waals surface area contributed by atoms with Crippen LogP contribution in [-0.4, -0.2) is 17.2 Å². The lowest BCUT2D eigenvalue weighted by molar-refractivity contribution is -0.129. The second kappa shape index (κ2) is 6.58. The molecule has 1 atom stereocenters. The largest absolute Gasteiger partial charge is 0.378 e. The highest BCUT2D eigenvalue weighted by molar-refractivity contribution is 5.85. The van der Waals surface area contributed by atoms with Gasteiger partial charge >= 0.3 is 0 Å². The third kappa shape index (κ3) is 3.49. The van der Waals surface area contributed by atoms with Gasteiger partial charge in [-0.1, -0.05) is 48.5 Å². The Morgan fingerprint density at radius 1 is 1.15 bits per heavy atom. The molecule has 1 amide bonds. The summed E-state index contributed by atoms with van der Waals surface area (Å²) in [5, 5.41) is 13.4. The molecular weight excluding hydrogens is 259 g/mol. The number of halogens is 1. The highest BCUT2D eigenvalue weighted by atomic mass is 19.1. The quantitative estimate of drug-likeness (QED) is 0.660. The van der Waals surface area contributed by atoms with Crippen molar-refractivity contribution >= 4 is 12.1 Å². The van der Waals surface area contributed by atoms with Crippen molar-refractivity contribution in [2.75, 3.05) is 0 Å². The first-order valence-corrected chi connectivity index (χ1v) is 5.99. The summed E-state index contributed by atoms with van der Waals surface area (Å²) in [5.41, 5.74) is 2.89. The SMILES string of the molecule is O=C(N/N=C/c1ccccc1F)C(O)c1ccccc1. The average molecular weight is 272 g/mol. The molecule has 20 heavy (non-hydrogen) atoms. The number of nitrogens with zero attached hydrogens (tertiary/aromatic N) is 1. The molecule has 2 aromatic carbocycles. The van der Waals surface area contributed by atoms with Crippen molar-refractivity contribution in [2.24, 2.45) is 5.10 Å². The molecule has 0 spiro atoms. The standard InChI is InChI=1S/C15H13FN2O2/c16-13-9-5-4-8-12(13)10-17-18-15(20)14(19)11-6-2-1-3-7-11/h1-10,14,19H,(H,18,20)/b17-10+. The molecule has 0 fully saturated rings. The number of hydrogen-bond acceptors (Lipinski definition) is 3. The minimum absolute atomic E-state index is 0.252. The van der Waals surface area contributed by atoms with Gasteiger partial charge in [-0.3, -0.25) is 4.79 Å². The van der Waals surface area contributed by atoms with Crippen LogP contribution < -0.4 is 5.43 Å². The number of rotatable bonds is 4. The van der Waals surface area contributed by atoms with Crippen LogP contribution in [0.1, 0.15) is 17.2 Å². The Labute approximate surface area is 115 Å². The van der Waals surface area contributed by atoms with Gasteiger partial charge in [0.05, 0.1) is 6.21 Å². The maximum absolute atomic E-state index is 13.3. The lowest BCUT2D eigenvalue weighted by atomic mass is 10.1. The molecule has 2 rings (SSSR count). The summed E-state index contributed by atoms with van der Waals surface area (Å²) < 4.78 is 13.3. The lowest BCUT2D eigenvalue weighted by Gasteiger charge is -2.08. The molecule has 0 aliphatic heterocycles. The van der Waals surface area contributed by atoms with Gasteiger partial charge in [0, 0.05) is 5.56 Å². The number of carbonyl (C=O) groups excluding carboxylic acids is 1. The van der Waals surface area contributed by atoms with E-state index in [1.807, 2.05) is 0 Å². The van der Waals surface area contributed by atoms with E-state index in [2.05, 4.69) is 10.5 Å². The molecule has 0 saturated heterocycles. The van der Waals surface area contributed by atoms with Crippen LogP contribution in [0.25, 0.3) is 0 Å². The maximum atomic E-state index is 13.3. The Balaban J connectivity index is 1.97. The second-order valence-corrected chi connectivity index (χ2v) is 4.07. The van der Waals surface area contributed by atoms with Gasteiger partial charge < -0.3 is 5.11 Å². The summed E-state index contributed by atoms with van der Waals surface area (Å²) in [4.78, 5) is 11.7. The zero-order valence-electron chi connectivity index (χ0n) is 10.5. The second-order valence-electron chi connectivity index (χ2n) is 4.07. The third-order valence-electron chi connectivity index (χ3n) is 2.65. The molecule has 0 saturated carbocycles. The topological polar surface area (TPSA) is 61.7 Å². The minimum Gasteiger partial charge on any atom is -0.378 e. The number of carbonyl (C=O) groups is 1. The van der Waals surface area contributed by atoms with Crippen LogP contribution in [0.3, 0.4) is 0 Å². The Morgan fingerprint density at radius 2 is 1.80 bits per heavy atom. The Bertz CT molecular complexity index is 614. The molecule has 1 unspecified atom stereocenters. The van der Waals surface area contributed by atoms with Crippen molar-refractivity contribution in [3.8, 4) is 0 Å². The van der Waals surface area contributed by atoms with Gasteiger partial charge in [-0.15, -0.1) is 0 Å². The van der Waals surface area contributed by atoms with Gasteiger partial charge in [-0.2, -0.15) is 5.10 Å². The van der Waals surface area contributed by atoms with Crippen molar-refractivity contribution in [1.82, 2.24) is 5.43 Å². The zero-order chi connectivity index (χ0) is 14.4. The number of aliphatic hydroxyl groups is 1. The summed E-state index contributed by atoms with van der Waals surface area (Å²) in [6, 6.07) is 14.5. The van der Waals surface area contributed by atoms with Gasteiger partial charge in [0.25, 0.3) is 5.91 Å². The monoisotopic (exact) mass is 272 g/mol. The predicted molar refractivity (Wildman–Crippen MR) is 73.5 cm³/mol. The maximum Gasteiger partial charge on any atom is 0.273 e. The van der Waals surface area contributed by atoms with Gasteiger partial charge in [0.2, 0.25) is 0 Å². The van der Waals surface area contributed by atoms with E-state index in [0.29, 0.717) is 5.56 Å². The fraction of sp³-hybridized carbons (Fsp3) is 0.0667. The predicted octanol–water partition coefficient (Wildman–Crippen LogP) is 2.01. The van der Waals surface area contributed by atoms with Crippen LogP contribution in [0.15, 0.2) is 59.7 Å². The number of hydrazone groups is 1. The van der Waals surface area contributed by atoms with E-state index >= 15 is 0 Å². The van der Waals surface area contributed by atoms with Crippen LogP contribution in [0.4, 0.5) is 4.39 Å². The summed E-state index contributed by atoms with van der Waals surface area (Å²) in [5.74, 6) is -1.11. The molecule has 0 heterocycles. The molecule has 0 aliphatic rings. The van der Waals surface area contributed by atoms with Crippen LogP contribution in [-0.2, 0) is 4.79 Å². The normalized spacial score (nSPS) is 12.3. The van der Waals surface area contributed by atoms with Crippen LogP contribution in [0.5, 0.6) is 0 Å². The van der Waals surface area contributed by atoms with Gasteiger partial charge in [-0.25, -0.2) is 9.82 Å². The average Bonchev–Trinajstić information content (AvgIpc) is 2.49. The summed E-state index contributed by atoms with van der Waals surface area (Å²) in [6.45, 7) is 0. The number of aliphatic hydroxyl groups excluding tert-OH is 1. The molecule has 0 radical (unpaired) electrons. The molecule has 4 nitrogen and oxygen atoms in total. The van der Waals surface area contributed by atoms with Crippen LogP contribution >= 0.6 is 0 Å². The van der Waals surface area contributed by atoms with Crippen molar-refractivity contribution in [3.63, 3.8) is 0 Å². The molecule has 0 aromatic heterocycles. The third-order valence-corrected chi connectivity index (χ3v) is 2.65. The van der Waals surface area contributed by atoms with E-state index in [1.54, 1.807) is 42.5 Å². The summed E-state index contributed by atoms with van der Waals surface area (Å²) in [7, 11) is 0. The highest BCUT2D eigenvalue weighted by Gasteiger charge is 2.15. The molecule has 2 aromatic rings. The summed E-state index contributed by atoms with van der Waals surface area (Å²) >= 11 is 0. The van der Waals surface area contributed by atoms with Crippen molar-refractivity contribution in [2.45, 2.75) is 6.10 Å². The minimum atomic E-state index is -1.31. The fourth-order valence-corrected chi connectivity index (χ4v) is 1.59. The Hall–Kier alpha value is -2.53. The van der Waals surface area contributed by atoms with Gasteiger partial charge in [0.15, 0.2) is 6.10 Å². The first-order valence-electron chi connectivity index (χ1n) is 5.99. The van der Waals surface area contributed by atoms with Crippen LogP contribution in [0, 0.1) is 5.82 Å². The van der Waals surface area contributed by atoms with Crippen molar-refractivity contribution in [1.29, 1.82) is 0 Å². The Morgan fingerprint density at radius 3 is 2.50 bits per heavy atom. The van der Waals surface area contributed by atoms with E-state index in [4.69, 9.17) is 0 Å². The van der Waals surface area contributed by atoms with E-state index in [-0.39, 0.29) is 5.56 Å². The highest BCUT2D eigenvalue weighted by Crippen LogP contribution is 2.11. The molecule has 0 bridgehead atoms. The molecular formula is C15H13FN2O2. The first-order chi connectivity index (χ1) is 9.68.